The third kappa shape index (κ3) is 3.51. The molecule has 2 aromatic carbocycles. The van der Waals surface area contributed by atoms with Gasteiger partial charge in [-0.1, -0.05) is 17.3 Å². The Morgan fingerprint density at radius 2 is 1.64 bits per heavy atom. The van der Waals surface area contributed by atoms with Gasteiger partial charge < -0.3 is 9.26 Å². The average molecular weight is 358 g/mol. The molecule has 0 atom stereocenters. The summed E-state index contributed by atoms with van der Waals surface area (Å²) in [6, 6.07) is 13.3. The van der Waals surface area contributed by atoms with Crippen molar-refractivity contribution in [2.75, 3.05) is 11.8 Å². The van der Waals surface area contributed by atoms with E-state index < -0.39 is 10.0 Å². The Morgan fingerprint density at radius 3 is 2.16 bits per heavy atom. The van der Waals surface area contributed by atoms with Gasteiger partial charge in [0, 0.05) is 11.3 Å². The number of rotatable bonds is 5. The van der Waals surface area contributed by atoms with Crippen LogP contribution in [-0.2, 0) is 10.0 Å². The van der Waals surface area contributed by atoms with Crippen molar-refractivity contribution in [1.29, 1.82) is 0 Å². The monoisotopic (exact) mass is 358 g/mol. The summed E-state index contributed by atoms with van der Waals surface area (Å²) in [5, 5.41) is 3.93. The molecule has 1 N–H and O–H groups in total. The summed E-state index contributed by atoms with van der Waals surface area (Å²) in [4.78, 5) is 0.170. The third-order valence-electron chi connectivity index (χ3n) is 3.83. The lowest BCUT2D eigenvalue weighted by molar-refractivity contribution is 0.393. The van der Waals surface area contributed by atoms with Crippen LogP contribution in [0.5, 0.6) is 5.75 Å². The minimum atomic E-state index is -3.66. The Bertz CT molecular complexity index is 955. The van der Waals surface area contributed by atoms with Gasteiger partial charge in [0.25, 0.3) is 10.0 Å². The molecule has 1 aromatic heterocycles. The number of nitrogens with zero attached hydrogens (tertiary/aromatic N) is 1. The van der Waals surface area contributed by atoms with Crippen molar-refractivity contribution >= 4 is 15.7 Å². The normalized spacial score (nSPS) is 11.3. The summed E-state index contributed by atoms with van der Waals surface area (Å²) in [6.07, 6.45) is 0. The minimum Gasteiger partial charge on any atom is -0.497 e. The number of aromatic nitrogens is 1. The first-order chi connectivity index (χ1) is 11.9. The fraction of sp³-hybridized carbons (Fsp3) is 0.167. The van der Waals surface area contributed by atoms with E-state index in [1.165, 1.54) is 19.2 Å². The van der Waals surface area contributed by atoms with Crippen LogP contribution in [0.3, 0.4) is 0 Å². The van der Waals surface area contributed by atoms with E-state index in [1.54, 1.807) is 24.3 Å². The number of benzene rings is 2. The molecular weight excluding hydrogens is 340 g/mol. The molecule has 0 fully saturated rings. The smallest absolute Gasteiger partial charge is 0.261 e. The number of ether oxygens (including phenoxy) is 1. The van der Waals surface area contributed by atoms with Crippen LogP contribution in [0.25, 0.3) is 11.1 Å². The molecule has 25 heavy (non-hydrogen) atoms. The molecule has 0 amide bonds. The van der Waals surface area contributed by atoms with E-state index in [-0.39, 0.29) is 4.90 Å². The maximum atomic E-state index is 12.4. The number of hydrogen-bond donors (Lipinski definition) is 1. The predicted octanol–water partition coefficient (Wildman–Crippen LogP) is 3.77. The van der Waals surface area contributed by atoms with Crippen LogP contribution in [0.15, 0.2) is 57.9 Å². The molecule has 0 aliphatic heterocycles. The number of anilines is 1. The molecular formula is C18H18N2O4S. The Kier molecular flexibility index (Phi) is 4.50. The maximum absolute atomic E-state index is 12.4. The Balaban J connectivity index is 1.83. The van der Waals surface area contributed by atoms with Crippen molar-refractivity contribution in [2.24, 2.45) is 0 Å². The molecule has 0 aliphatic carbocycles. The van der Waals surface area contributed by atoms with Crippen LogP contribution >= 0.6 is 0 Å². The fourth-order valence-corrected chi connectivity index (χ4v) is 3.63. The largest absolute Gasteiger partial charge is 0.497 e. The first-order valence-electron chi connectivity index (χ1n) is 7.61. The molecule has 0 unspecified atom stereocenters. The van der Waals surface area contributed by atoms with Crippen LogP contribution in [0.2, 0.25) is 0 Å². The summed E-state index contributed by atoms with van der Waals surface area (Å²) in [5.41, 5.74) is 3.11. The van der Waals surface area contributed by atoms with Crippen LogP contribution in [0, 0.1) is 13.8 Å². The summed E-state index contributed by atoms with van der Waals surface area (Å²) in [5.74, 6) is 1.33. The first kappa shape index (κ1) is 17.0. The minimum absolute atomic E-state index is 0.170. The van der Waals surface area contributed by atoms with Gasteiger partial charge in [0.15, 0.2) is 0 Å². The molecule has 0 spiro atoms. The number of sulfonamides is 1. The third-order valence-corrected chi connectivity index (χ3v) is 5.23. The highest BCUT2D eigenvalue weighted by molar-refractivity contribution is 7.92. The molecule has 7 heteroatoms. The van der Waals surface area contributed by atoms with Gasteiger partial charge in [-0.2, -0.15) is 0 Å². The van der Waals surface area contributed by atoms with Crippen LogP contribution < -0.4 is 9.46 Å². The van der Waals surface area contributed by atoms with Crippen LogP contribution in [0.4, 0.5) is 5.69 Å². The Morgan fingerprint density at radius 1 is 1.00 bits per heavy atom. The second-order valence-electron chi connectivity index (χ2n) is 5.56. The van der Waals surface area contributed by atoms with Crippen molar-refractivity contribution in [1.82, 2.24) is 5.16 Å². The van der Waals surface area contributed by atoms with E-state index in [9.17, 15) is 8.42 Å². The van der Waals surface area contributed by atoms with E-state index >= 15 is 0 Å². The number of methoxy groups -OCH3 is 1. The topological polar surface area (TPSA) is 81.4 Å². The van der Waals surface area contributed by atoms with Gasteiger partial charge in [-0.25, -0.2) is 8.42 Å². The van der Waals surface area contributed by atoms with Crippen LogP contribution in [-0.4, -0.2) is 20.7 Å². The molecule has 0 aliphatic rings. The van der Waals surface area contributed by atoms with E-state index in [1.807, 2.05) is 26.0 Å². The second-order valence-corrected chi connectivity index (χ2v) is 7.24. The zero-order chi connectivity index (χ0) is 18.0. The van der Waals surface area contributed by atoms with Gasteiger partial charge >= 0.3 is 0 Å². The molecule has 0 saturated heterocycles. The van der Waals surface area contributed by atoms with Gasteiger partial charge in [-0.05, 0) is 55.8 Å². The lowest BCUT2D eigenvalue weighted by Crippen LogP contribution is -2.12. The molecule has 0 radical (unpaired) electrons. The zero-order valence-electron chi connectivity index (χ0n) is 14.1. The SMILES string of the molecule is COc1ccc(S(=O)(=O)Nc2ccc(-c3c(C)noc3C)cc2)cc1. The number of hydrogen-bond acceptors (Lipinski definition) is 5. The highest BCUT2D eigenvalue weighted by Crippen LogP contribution is 2.28. The van der Waals surface area contributed by atoms with E-state index in [0.29, 0.717) is 11.4 Å². The summed E-state index contributed by atoms with van der Waals surface area (Å²) in [6.45, 7) is 3.71. The zero-order valence-corrected chi connectivity index (χ0v) is 14.9. The lowest BCUT2D eigenvalue weighted by atomic mass is 10.0. The highest BCUT2D eigenvalue weighted by atomic mass is 32.2. The number of nitrogens with one attached hydrogen (secondary N) is 1. The first-order valence-corrected chi connectivity index (χ1v) is 9.09. The van der Waals surface area contributed by atoms with Gasteiger partial charge in [0.1, 0.15) is 11.5 Å². The molecule has 0 bridgehead atoms. The van der Waals surface area contributed by atoms with Crippen molar-refractivity contribution in [3.8, 4) is 16.9 Å². The fourth-order valence-electron chi connectivity index (χ4n) is 2.57. The van der Waals surface area contributed by atoms with Crippen molar-refractivity contribution < 1.29 is 17.7 Å². The summed E-state index contributed by atoms with van der Waals surface area (Å²) in [7, 11) is -2.13. The van der Waals surface area contributed by atoms with Crippen molar-refractivity contribution in [3.05, 3.63) is 60.0 Å². The highest BCUT2D eigenvalue weighted by Gasteiger charge is 2.15. The molecule has 3 rings (SSSR count). The Labute approximate surface area is 146 Å². The molecule has 1 heterocycles. The van der Waals surface area contributed by atoms with Gasteiger partial charge in [-0.15, -0.1) is 0 Å². The Hall–Kier alpha value is -2.80. The molecule has 130 valence electrons. The molecule has 6 nitrogen and oxygen atoms in total. The van der Waals surface area contributed by atoms with E-state index in [2.05, 4.69) is 9.88 Å². The predicted molar refractivity (Wildman–Crippen MR) is 95.2 cm³/mol. The standard InChI is InChI=1S/C18H18N2O4S/c1-12-18(13(2)24-19-12)14-4-6-15(7-5-14)20-25(21,22)17-10-8-16(23-3)9-11-17/h4-11,20H,1-3H3. The summed E-state index contributed by atoms with van der Waals surface area (Å²) >= 11 is 0. The van der Waals surface area contributed by atoms with Crippen LogP contribution in [0.1, 0.15) is 11.5 Å². The maximum Gasteiger partial charge on any atom is 0.261 e. The molecule has 3 aromatic rings. The second kappa shape index (κ2) is 6.60. The van der Waals surface area contributed by atoms with Gasteiger partial charge in [-0.3, -0.25) is 4.72 Å². The number of aryl methyl sites for hydroxylation is 2. The van der Waals surface area contributed by atoms with E-state index in [0.717, 1.165) is 22.6 Å². The van der Waals surface area contributed by atoms with Crippen molar-refractivity contribution in [3.63, 3.8) is 0 Å². The lowest BCUT2D eigenvalue weighted by Gasteiger charge is -2.09. The average Bonchev–Trinajstić information content (AvgIpc) is 2.94. The van der Waals surface area contributed by atoms with E-state index in [4.69, 9.17) is 9.26 Å². The quantitative estimate of drug-likeness (QED) is 0.751. The summed E-state index contributed by atoms with van der Waals surface area (Å²) < 4.78 is 37.7. The van der Waals surface area contributed by atoms with Gasteiger partial charge in [0.05, 0.1) is 17.7 Å². The van der Waals surface area contributed by atoms with Gasteiger partial charge in [0.2, 0.25) is 0 Å². The molecule has 0 saturated carbocycles. The van der Waals surface area contributed by atoms with Crippen molar-refractivity contribution in [2.45, 2.75) is 18.7 Å².